The van der Waals surface area contributed by atoms with Crippen molar-refractivity contribution in [2.24, 2.45) is 11.7 Å². The van der Waals surface area contributed by atoms with Crippen molar-refractivity contribution in [3.8, 4) is 0 Å². The van der Waals surface area contributed by atoms with E-state index >= 15 is 0 Å². The van der Waals surface area contributed by atoms with Gasteiger partial charge < -0.3 is 36.6 Å². The molecule has 2 aromatic carbocycles. The highest BCUT2D eigenvalue weighted by atomic mass is 16.5. The van der Waals surface area contributed by atoms with Crippen molar-refractivity contribution in [2.75, 3.05) is 19.7 Å². The lowest BCUT2D eigenvalue weighted by Crippen LogP contribution is -2.59. The van der Waals surface area contributed by atoms with Gasteiger partial charge in [-0.15, -0.1) is 5.10 Å². The summed E-state index contributed by atoms with van der Waals surface area (Å²) in [6.45, 7) is 0.250. The molecular formula is C40H53N9O7. The molecule has 1 aromatic heterocycles. The number of primary amides is 1. The highest BCUT2D eigenvalue weighted by Crippen LogP contribution is 2.27. The molecule has 3 aromatic rings. The van der Waals surface area contributed by atoms with Crippen molar-refractivity contribution in [2.45, 2.75) is 114 Å². The Morgan fingerprint density at radius 1 is 0.911 bits per heavy atom. The van der Waals surface area contributed by atoms with Crippen molar-refractivity contribution in [1.82, 2.24) is 41.2 Å². The fourth-order valence-corrected chi connectivity index (χ4v) is 8.01. The molecule has 16 heteroatoms. The van der Waals surface area contributed by atoms with Gasteiger partial charge in [0, 0.05) is 25.9 Å². The summed E-state index contributed by atoms with van der Waals surface area (Å²) in [5.41, 5.74) is 7.20. The minimum Gasteiger partial charge on any atom is -0.372 e. The molecule has 1 saturated heterocycles. The first-order chi connectivity index (χ1) is 27.2. The van der Waals surface area contributed by atoms with Crippen LogP contribution in [0.4, 0.5) is 0 Å². The van der Waals surface area contributed by atoms with Crippen LogP contribution in [0, 0.1) is 5.92 Å². The van der Waals surface area contributed by atoms with Gasteiger partial charge in [0.15, 0.2) is 0 Å². The average molecular weight is 772 g/mol. The van der Waals surface area contributed by atoms with Crippen molar-refractivity contribution in [3.05, 3.63) is 59.9 Å². The maximum Gasteiger partial charge on any atom is 0.245 e. The molecule has 6 amide bonds. The van der Waals surface area contributed by atoms with Gasteiger partial charge >= 0.3 is 0 Å². The van der Waals surface area contributed by atoms with Gasteiger partial charge in [0.2, 0.25) is 35.4 Å². The Hall–Kier alpha value is -5.38. The van der Waals surface area contributed by atoms with E-state index in [2.05, 4.69) is 31.6 Å². The lowest BCUT2D eigenvalue weighted by molar-refractivity contribution is -0.140. The van der Waals surface area contributed by atoms with E-state index in [0.29, 0.717) is 50.9 Å². The Morgan fingerprint density at radius 3 is 2.54 bits per heavy atom. The summed E-state index contributed by atoms with van der Waals surface area (Å²) < 4.78 is 7.67. The van der Waals surface area contributed by atoms with E-state index in [-0.39, 0.29) is 44.4 Å². The summed E-state index contributed by atoms with van der Waals surface area (Å²) >= 11 is 0. The van der Waals surface area contributed by atoms with Crippen LogP contribution in [-0.2, 0) is 53.1 Å². The number of fused-ring (bicyclic) bond motifs is 3. The Kier molecular flexibility index (Phi) is 14.0. The molecule has 4 atom stereocenters. The van der Waals surface area contributed by atoms with Crippen LogP contribution in [0.2, 0.25) is 0 Å². The van der Waals surface area contributed by atoms with Crippen LogP contribution in [0.1, 0.15) is 81.9 Å². The first-order valence-electron chi connectivity index (χ1n) is 19.8. The number of amides is 6. The number of aromatic nitrogens is 3. The van der Waals surface area contributed by atoms with Gasteiger partial charge in [-0.2, -0.15) is 0 Å². The van der Waals surface area contributed by atoms with E-state index in [4.69, 9.17) is 10.5 Å². The zero-order valence-corrected chi connectivity index (χ0v) is 31.8. The van der Waals surface area contributed by atoms with E-state index in [0.717, 1.165) is 48.4 Å². The number of rotatable bonds is 7. The zero-order valence-electron chi connectivity index (χ0n) is 31.8. The lowest BCUT2D eigenvalue weighted by Gasteiger charge is -2.29. The third-order valence-electron chi connectivity index (χ3n) is 11.1. The van der Waals surface area contributed by atoms with Crippen LogP contribution in [0.25, 0.3) is 10.8 Å². The molecule has 6 rings (SSSR count). The number of nitrogens with one attached hydrogen (secondary N) is 4. The topological polar surface area (TPSA) is 220 Å². The number of nitrogens with two attached hydrogens (primary N) is 1. The molecular weight excluding hydrogens is 718 g/mol. The van der Waals surface area contributed by atoms with E-state index in [9.17, 15) is 28.8 Å². The molecule has 16 nitrogen and oxygen atoms in total. The van der Waals surface area contributed by atoms with Crippen LogP contribution in [-0.4, -0.2) is 99.2 Å². The standard InChI is InChI=1S/C40H53N9O7/c41-37(52)31(20-26-10-2-1-3-11-26)44-39(54)33-25-56-24-29-22-43-47-49(29)19-7-6-17-35(50)42-23-36(51)48-18-9-16-34(48)40(55)45-32(38(53)46-33)21-28-14-8-13-27-12-4-5-15-30(27)28/h4-5,8,12-15,22,26,31-34H,1-3,6-7,9-11,16-21,23-25H2,(H2,41,52)(H,42,50)(H,44,54)(H,45,55)(H,46,53)/t31-,32-,33-,34-/m0/s1. The number of nitrogens with zero attached hydrogens (tertiary/aromatic N) is 4. The predicted molar refractivity (Wildman–Crippen MR) is 205 cm³/mol. The fourth-order valence-electron chi connectivity index (χ4n) is 8.01. The second-order valence-electron chi connectivity index (χ2n) is 15.1. The van der Waals surface area contributed by atoms with Crippen molar-refractivity contribution < 1.29 is 33.5 Å². The number of carbonyl (C=O) groups excluding carboxylic acids is 6. The zero-order chi connectivity index (χ0) is 39.4. The summed E-state index contributed by atoms with van der Waals surface area (Å²) in [5.74, 6) is -2.92. The van der Waals surface area contributed by atoms with Crippen LogP contribution in [0.15, 0.2) is 48.7 Å². The maximum absolute atomic E-state index is 14.4. The van der Waals surface area contributed by atoms with E-state index in [1.165, 1.54) is 11.1 Å². The molecule has 56 heavy (non-hydrogen) atoms. The minimum atomic E-state index is -1.28. The SMILES string of the molecule is NC(=O)[C@H](CC1CCCCC1)NC(=O)[C@@H]1COCc2cnnn2CCCCC(=O)NCC(=O)N2CCC[C@H]2C(=O)N[C@@H](Cc2cccc3ccccc23)C(=O)N1. The van der Waals surface area contributed by atoms with Gasteiger partial charge in [0.1, 0.15) is 24.2 Å². The number of hydrogen-bond donors (Lipinski definition) is 5. The first-order valence-corrected chi connectivity index (χ1v) is 19.8. The minimum absolute atomic E-state index is 0.00422. The molecule has 1 aliphatic carbocycles. The third-order valence-corrected chi connectivity index (χ3v) is 11.1. The first kappa shape index (κ1) is 40.3. The van der Waals surface area contributed by atoms with Gasteiger partial charge in [-0.25, -0.2) is 4.68 Å². The Balaban J connectivity index is 1.29. The third kappa shape index (κ3) is 10.7. The van der Waals surface area contributed by atoms with Crippen LogP contribution < -0.4 is 27.0 Å². The predicted octanol–water partition coefficient (Wildman–Crippen LogP) is 1.39. The van der Waals surface area contributed by atoms with Crippen LogP contribution in [0.5, 0.6) is 0 Å². The Labute approximate surface area is 326 Å². The normalized spacial score (nSPS) is 23.1. The highest BCUT2D eigenvalue weighted by Gasteiger charge is 2.37. The molecule has 0 bridgehead atoms. The number of benzene rings is 2. The van der Waals surface area contributed by atoms with Gasteiger partial charge in [-0.05, 0) is 54.4 Å². The van der Waals surface area contributed by atoms with Crippen molar-refractivity contribution >= 4 is 46.2 Å². The van der Waals surface area contributed by atoms with Crippen molar-refractivity contribution in [3.63, 3.8) is 0 Å². The summed E-state index contributed by atoms with van der Waals surface area (Å²) in [6, 6.07) is 9.15. The van der Waals surface area contributed by atoms with Gasteiger partial charge in [0.05, 0.1) is 31.6 Å². The number of aryl methyl sites for hydroxylation is 1. The summed E-state index contributed by atoms with van der Waals surface area (Å²) in [6.07, 6.45) is 9.40. The molecule has 2 aliphatic heterocycles. The lowest BCUT2D eigenvalue weighted by atomic mass is 9.84. The largest absolute Gasteiger partial charge is 0.372 e. The summed E-state index contributed by atoms with van der Waals surface area (Å²) in [5, 5.41) is 21.2. The van der Waals surface area contributed by atoms with E-state index in [1.807, 2.05) is 42.5 Å². The van der Waals surface area contributed by atoms with Gasteiger partial charge in [-0.1, -0.05) is 79.8 Å². The van der Waals surface area contributed by atoms with E-state index in [1.54, 1.807) is 4.68 Å². The molecule has 1 saturated carbocycles. The maximum atomic E-state index is 14.4. The molecule has 0 radical (unpaired) electrons. The second kappa shape index (κ2) is 19.5. The van der Waals surface area contributed by atoms with Gasteiger partial charge in [-0.3, -0.25) is 28.8 Å². The van der Waals surface area contributed by atoms with Gasteiger partial charge in [0.25, 0.3) is 0 Å². The molecule has 2 fully saturated rings. The average Bonchev–Trinajstić information content (AvgIpc) is 3.88. The van der Waals surface area contributed by atoms with Crippen LogP contribution >= 0.6 is 0 Å². The van der Waals surface area contributed by atoms with Crippen LogP contribution in [0.3, 0.4) is 0 Å². The Morgan fingerprint density at radius 2 is 1.71 bits per heavy atom. The molecule has 3 aliphatic rings. The molecule has 0 unspecified atom stereocenters. The molecule has 6 N–H and O–H groups in total. The van der Waals surface area contributed by atoms with E-state index < -0.39 is 53.7 Å². The Bertz CT molecular complexity index is 1870. The smallest absolute Gasteiger partial charge is 0.245 e. The van der Waals surface area contributed by atoms with Crippen molar-refractivity contribution in [1.29, 1.82) is 0 Å². The second-order valence-corrected chi connectivity index (χ2v) is 15.1. The summed E-state index contributed by atoms with van der Waals surface area (Å²) in [4.78, 5) is 82.4. The molecule has 3 heterocycles. The fraction of sp³-hybridized carbons (Fsp3) is 0.550. The molecule has 0 spiro atoms. The summed E-state index contributed by atoms with van der Waals surface area (Å²) in [7, 11) is 0. The molecule has 300 valence electrons. The number of hydrogen-bond acceptors (Lipinski definition) is 9. The monoisotopic (exact) mass is 771 g/mol. The number of carbonyl (C=O) groups is 6. The number of ether oxygens (including phenoxy) is 1. The quantitative estimate of drug-likeness (QED) is 0.234. The highest BCUT2D eigenvalue weighted by molar-refractivity contribution is 5.96.